The van der Waals surface area contributed by atoms with Crippen LogP contribution < -0.4 is 4.90 Å². The van der Waals surface area contributed by atoms with Gasteiger partial charge in [-0.15, -0.1) is 13.2 Å². The number of para-hydroxylation sites is 1. The zero-order valence-corrected chi connectivity index (χ0v) is 26.1. The molecule has 3 saturated heterocycles. The van der Waals surface area contributed by atoms with Crippen LogP contribution >= 0.6 is 0 Å². The maximum absolute atomic E-state index is 14.9. The van der Waals surface area contributed by atoms with Crippen LogP contribution in [0.15, 0.2) is 86.0 Å². The molecule has 7 atom stereocenters. The summed E-state index contributed by atoms with van der Waals surface area (Å²) in [6.45, 7) is 14.0. The number of amides is 3. The molecule has 2 aromatic carbocycles. The molecule has 0 radical (unpaired) electrons. The largest absolute Gasteiger partial charge is 0.394 e. The second kappa shape index (κ2) is 12.7. The summed E-state index contributed by atoms with van der Waals surface area (Å²) >= 11 is 0. The van der Waals surface area contributed by atoms with E-state index in [1.807, 2.05) is 74.5 Å². The Kier molecular flexibility index (Phi) is 9.14. The monoisotopic (exact) mass is 599 g/mol. The fourth-order valence-corrected chi connectivity index (χ4v) is 7.97. The lowest BCUT2D eigenvalue weighted by Gasteiger charge is -2.41. The molecule has 0 aromatic heterocycles. The molecule has 3 unspecified atom stereocenters. The maximum atomic E-state index is 14.9. The number of carbonyl (C=O) groups is 3. The number of rotatable bonds is 13. The summed E-state index contributed by atoms with van der Waals surface area (Å²) in [4.78, 5) is 49.3. The summed E-state index contributed by atoms with van der Waals surface area (Å²) in [5, 5.41) is 10.8. The number of benzene rings is 2. The van der Waals surface area contributed by atoms with Crippen molar-refractivity contribution < 1.29 is 24.2 Å². The van der Waals surface area contributed by atoms with Gasteiger partial charge in [0.1, 0.15) is 11.6 Å². The molecule has 3 fully saturated rings. The Bertz CT molecular complexity index is 1380. The van der Waals surface area contributed by atoms with E-state index in [0.717, 1.165) is 18.4 Å². The van der Waals surface area contributed by atoms with Crippen LogP contribution in [-0.4, -0.2) is 75.6 Å². The molecule has 2 bridgehead atoms. The normalized spacial score (nSPS) is 28.3. The lowest BCUT2D eigenvalue weighted by molar-refractivity contribution is -0.156. The average Bonchev–Trinajstić information content (AvgIpc) is 3.60. The molecule has 5 rings (SSSR count). The van der Waals surface area contributed by atoms with Crippen LogP contribution in [-0.2, 0) is 19.1 Å². The van der Waals surface area contributed by atoms with Crippen molar-refractivity contribution in [3.05, 3.63) is 91.5 Å². The Hall–Kier alpha value is -3.75. The van der Waals surface area contributed by atoms with Gasteiger partial charge in [0, 0.05) is 24.8 Å². The van der Waals surface area contributed by atoms with Crippen LogP contribution in [0, 0.1) is 11.8 Å². The van der Waals surface area contributed by atoms with Gasteiger partial charge in [0.15, 0.2) is 0 Å². The number of aliphatic hydroxyl groups excluding tert-OH is 1. The molecule has 234 valence electrons. The second-order valence-electron chi connectivity index (χ2n) is 12.6. The highest BCUT2D eigenvalue weighted by atomic mass is 16.5. The van der Waals surface area contributed by atoms with Crippen LogP contribution in [0.3, 0.4) is 0 Å². The van der Waals surface area contributed by atoms with Crippen LogP contribution in [0.25, 0.3) is 0 Å². The molecule has 8 nitrogen and oxygen atoms in total. The van der Waals surface area contributed by atoms with E-state index in [-0.39, 0.29) is 36.9 Å². The van der Waals surface area contributed by atoms with Crippen molar-refractivity contribution in [2.45, 2.75) is 75.8 Å². The summed E-state index contributed by atoms with van der Waals surface area (Å²) in [5.41, 5.74) is -0.727. The third-order valence-corrected chi connectivity index (χ3v) is 9.90. The first kappa shape index (κ1) is 31.7. The highest BCUT2D eigenvalue weighted by Gasteiger charge is 2.79. The van der Waals surface area contributed by atoms with Crippen molar-refractivity contribution in [1.29, 1.82) is 0 Å². The predicted octanol–water partition coefficient (Wildman–Crippen LogP) is 4.91. The van der Waals surface area contributed by atoms with Crippen molar-refractivity contribution in [2.24, 2.45) is 11.8 Å². The smallest absolute Gasteiger partial charge is 0.248 e. The molecular formula is C36H45N3O5. The molecular weight excluding hydrogens is 554 g/mol. The Morgan fingerprint density at radius 2 is 1.68 bits per heavy atom. The number of hydrogen-bond donors (Lipinski definition) is 1. The van der Waals surface area contributed by atoms with Gasteiger partial charge < -0.3 is 24.5 Å². The van der Waals surface area contributed by atoms with Crippen molar-refractivity contribution in [3.63, 3.8) is 0 Å². The molecule has 1 N–H and O–H groups in total. The van der Waals surface area contributed by atoms with Crippen molar-refractivity contribution >= 4 is 23.4 Å². The first-order chi connectivity index (χ1) is 21.2. The molecule has 8 heteroatoms. The lowest BCUT2D eigenvalue weighted by atomic mass is 9.66. The zero-order valence-electron chi connectivity index (χ0n) is 26.1. The number of carbonyl (C=O) groups excluding carboxylic acids is 3. The second-order valence-corrected chi connectivity index (χ2v) is 12.6. The molecule has 44 heavy (non-hydrogen) atoms. The summed E-state index contributed by atoms with van der Waals surface area (Å²) in [6, 6.07) is 16.7. The SMILES string of the molecule is C=CCN(C(=O)[C@@H]1[C@H]2C(=O)N([C@H](CO)c3ccccc3)C(C(=O)N(CC=C)C(C)CCC)C23CC[C@@]1(C)O3)c1ccccc1. The number of ether oxygens (including phenoxy) is 1. The predicted molar refractivity (Wildman–Crippen MR) is 171 cm³/mol. The van der Waals surface area contributed by atoms with Crippen molar-refractivity contribution in [2.75, 3.05) is 24.6 Å². The standard InChI is InChI=1S/C36H45N3O5/c1-6-15-25(4)37(22-7-2)34(43)31-36-21-20-35(5,44-36)29(32(41)38(23-8-3)27-18-13-10-14-19-27)30(36)33(42)39(31)28(24-40)26-16-11-9-12-17-26/h7-14,16-19,25,28-31,40H,2-3,6,15,20-24H2,1,4-5H3/t25?,28-,29+,30+,31?,35-,36?/m1/s1. The molecule has 3 amide bonds. The molecule has 0 saturated carbocycles. The molecule has 3 heterocycles. The van der Waals surface area contributed by atoms with Gasteiger partial charge in [-0.1, -0.05) is 74.0 Å². The Morgan fingerprint density at radius 1 is 1.05 bits per heavy atom. The van der Waals surface area contributed by atoms with E-state index in [1.54, 1.807) is 26.9 Å². The van der Waals surface area contributed by atoms with Gasteiger partial charge in [0.2, 0.25) is 17.7 Å². The minimum absolute atomic E-state index is 0.102. The Labute approximate surface area is 261 Å². The first-order valence-electron chi connectivity index (χ1n) is 15.8. The number of hydrogen-bond acceptors (Lipinski definition) is 5. The highest BCUT2D eigenvalue weighted by Crippen LogP contribution is 2.64. The van der Waals surface area contributed by atoms with Crippen molar-refractivity contribution in [1.82, 2.24) is 9.80 Å². The van der Waals surface area contributed by atoms with Crippen LogP contribution in [0.2, 0.25) is 0 Å². The van der Waals surface area contributed by atoms with E-state index >= 15 is 0 Å². The molecule has 1 spiro atoms. The topological polar surface area (TPSA) is 90.4 Å². The van der Waals surface area contributed by atoms with Crippen LogP contribution in [0.4, 0.5) is 5.69 Å². The van der Waals surface area contributed by atoms with Gasteiger partial charge in [-0.25, -0.2) is 0 Å². The van der Waals surface area contributed by atoms with Crippen molar-refractivity contribution in [3.8, 4) is 0 Å². The highest BCUT2D eigenvalue weighted by molar-refractivity contribution is 6.03. The molecule has 0 aliphatic carbocycles. The number of fused-ring (bicyclic) bond motifs is 1. The summed E-state index contributed by atoms with van der Waals surface area (Å²) < 4.78 is 6.91. The Balaban J connectivity index is 1.65. The number of anilines is 1. The number of likely N-dealkylation sites (tertiary alicyclic amines) is 1. The van der Waals surface area contributed by atoms with Gasteiger partial charge in [-0.3, -0.25) is 14.4 Å². The molecule has 3 aliphatic heterocycles. The number of nitrogens with zero attached hydrogens (tertiary/aromatic N) is 3. The molecule has 3 aliphatic rings. The minimum Gasteiger partial charge on any atom is -0.394 e. The summed E-state index contributed by atoms with van der Waals surface area (Å²) in [5.74, 6) is -2.50. The third-order valence-electron chi connectivity index (χ3n) is 9.90. The Morgan fingerprint density at radius 3 is 2.27 bits per heavy atom. The van der Waals surface area contributed by atoms with Gasteiger partial charge in [0.05, 0.1) is 30.1 Å². The zero-order chi connectivity index (χ0) is 31.6. The maximum Gasteiger partial charge on any atom is 0.248 e. The molecule has 2 aromatic rings. The average molecular weight is 600 g/mol. The fraction of sp³-hybridized carbons (Fsp3) is 0.472. The first-order valence-corrected chi connectivity index (χ1v) is 15.8. The van der Waals surface area contributed by atoms with E-state index in [2.05, 4.69) is 20.1 Å². The fourth-order valence-electron chi connectivity index (χ4n) is 7.97. The van der Waals surface area contributed by atoms with E-state index in [4.69, 9.17) is 4.74 Å². The van der Waals surface area contributed by atoms with Gasteiger partial charge in [-0.05, 0) is 50.8 Å². The number of aliphatic hydroxyl groups is 1. The summed E-state index contributed by atoms with van der Waals surface area (Å²) in [7, 11) is 0. The summed E-state index contributed by atoms with van der Waals surface area (Å²) in [6.07, 6.45) is 6.03. The van der Waals surface area contributed by atoms with Gasteiger partial charge in [0.25, 0.3) is 0 Å². The quantitative estimate of drug-likeness (QED) is 0.331. The van der Waals surface area contributed by atoms with E-state index in [9.17, 15) is 19.5 Å². The van der Waals surface area contributed by atoms with E-state index < -0.39 is 35.1 Å². The van der Waals surface area contributed by atoms with Gasteiger partial charge in [-0.2, -0.15) is 0 Å². The van der Waals surface area contributed by atoms with E-state index in [0.29, 0.717) is 25.1 Å². The van der Waals surface area contributed by atoms with Crippen LogP contribution in [0.5, 0.6) is 0 Å². The minimum atomic E-state index is -1.21. The third kappa shape index (κ3) is 5.08. The lowest BCUT2D eigenvalue weighted by Crippen LogP contribution is -2.58. The van der Waals surface area contributed by atoms with Gasteiger partial charge >= 0.3 is 0 Å². The van der Waals surface area contributed by atoms with Crippen LogP contribution in [0.1, 0.15) is 58.1 Å². The van der Waals surface area contributed by atoms with E-state index in [1.165, 1.54) is 0 Å².